The quantitative estimate of drug-likeness (QED) is 0.518. The van der Waals surface area contributed by atoms with Crippen molar-refractivity contribution in [2.45, 2.75) is 13.0 Å². The molecule has 31 heavy (non-hydrogen) atoms. The van der Waals surface area contributed by atoms with Gasteiger partial charge in [-0.2, -0.15) is 0 Å². The fraction of sp³-hybridized carbons (Fsp3) is 0.250. The Balaban J connectivity index is 1.27. The van der Waals surface area contributed by atoms with Crippen LogP contribution >= 0.6 is 0 Å². The number of halogens is 3. The Labute approximate surface area is 179 Å². The van der Waals surface area contributed by atoms with E-state index < -0.39 is 6.36 Å². The summed E-state index contributed by atoms with van der Waals surface area (Å²) in [5.41, 5.74) is 3.16. The number of piperazine rings is 1. The zero-order valence-corrected chi connectivity index (χ0v) is 16.9. The van der Waals surface area contributed by atoms with Crippen molar-refractivity contribution < 1.29 is 22.6 Å². The van der Waals surface area contributed by atoms with E-state index in [4.69, 9.17) is 4.74 Å². The van der Waals surface area contributed by atoms with Gasteiger partial charge < -0.3 is 19.3 Å². The molecule has 162 valence electrons. The molecule has 0 spiro atoms. The summed E-state index contributed by atoms with van der Waals surface area (Å²) in [6.45, 7) is 4.09. The predicted molar refractivity (Wildman–Crippen MR) is 115 cm³/mol. The fourth-order valence-electron chi connectivity index (χ4n) is 3.57. The number of nitrogens with zero attached hydrogens (tertiary/aromatic N) is 2. The van der Waals surface area contributed by atoms with Gasteiger partial charge >= 0.3 is 6.36 Å². The Hall–Kier alpha value is -3.35. The summed E-state index contributed by atoms with van der Waals surface area (Å²) in [5.74, 6) is 0.468. The van der Waals surface area contributed by atoms with Crippen molar-refractivity contribution >= 4 is 11.4 Å². The molecule has 0 saturated carbocycles. The van der Waals surface area contributed by atoms with Crippen LogP contribution in [0.2, 0.25) is 0 Å². The van der Waals surface area contributed by atoms with E-state index in [1.165, 1.54) is 17.8 Å². The molecule has 0 bridgehead atoms. The van der Waals surface area contributed by atoms with Crippen LogP contribution in [-0.4, -0.2) is 32.5 Å². The Kier molecular flexibility index (Phi) is 6.21. The molecule has 0 N–H and O–H groups in total. The van der Waals surface area contributed by atoms with Crippen molar-refractivity contribution in [2.24, 2.45) is 0 Å². The van der Waals surface area contributed by atoms with Gasteiger partial charge in [-0.05, 0) is 54.1 Å². The summed E-state index contributed by atoms with van der Waals surface area (Å²) in [4.78, 5) is 4.74. The van der Waals surface area contributed by atoms with Gasteiger partial charge in [-0.15, -0.1) is 13.2 Å². The second-order valence-corrected chi connectivity index (χ2v) is 7.28. The molecule has 1 fully saturated rings. The molecule has 0 radical (unpaired) electrons. The molecular formula is C24H23F3N2O2. The van der Waals surface area contributed by atoms with Crippen LogP contribution in [0.15, 0.2) is 78.9 Å². The largest absolute Gasteiger partial charge is 0.573 e. The molecule has 1 saturated heterocycles. The highest BCUT2D eigenvalue weighted by Crippen LogP contribution is 2.25. The van der Waals surface area contributed by atoms with E-state index in [2.05, 4.69) is 38.8 Å². The van der Waals surface area contributed by atoms with Crippen LogP contribution in [0.4, 0.5) is 24.5 Å². The number of rotatable bonds is 6. The first-order valence-electron chi connectivity index (χ1n) is 10.1. The van der Waals surface area contributed by atoms with Crippen LogP contribution in [0, 0.1) is 0 Å². The molecule has 7 heteroatoms. The topological polar surface area (TPSA) is 24.9 Å². The molecule has 1 heterocycles. The van der Waals surface area contributed by atoms with Crippen LogP contribution < -0.4 is 19.3 Å². The summed E-state index contributed by atoms with van der Waals surface area (Å²) in [7, 11) is 0. The minimum atomic E-state index is -4.69. The number of ether oxygens (including phenoxy) is 2. The van der Waals surface area contributed by atoms with Crippen molar-refractivity contribution in [3.05, 3.63) is 84.4 Å². The second kappa shape index (κ2) is 9.20. The zero-order chi connectivity index (χ0) is 21.7. The maximum atomic E-state index is 12.2. The highest BCUT2D eigenvalue weighted by molar-refractivity contribution is 5.53. The molecular weight excluding hydrogens is 405 g/mol. The van der Waals surface area contributed by atoms with Crippen LogP contribution in [0.5, 0.6) is 11.5 Å². The lowest BCUT2D eigenvalue weighted by atomic mass is 10.2. The van der Waals surface area contributed by atoms with Gasteiger partial charge in [-0.3, -0.25) is 0 Å². The first-order valence-corrected chi connectivity index (χ1v) is 10.1. The number of anilines is 2. The van der Waals surface area contributed by atoms with Gasteiger partial charge in [0.15, 0.2) is 0 Å². The number of benzene rings is 3. The molecule has 0 atom stereocenters. The summed E-state index contributed by atoms with van der Waals surface area (Å²) in [6.07, 6.45) is -4.69. The van der Waals surface area contributed by atoms with Gasteiger partial charge in [0.2, 0.25) is 0 Å². The lowest BCUT2D eigenvalue weighted by molar-refractivity contribution is -0.274. The van der Waals surface area contributed by atoms with Crippen molar-refractivity contribution in [1.29, 1.82) is 0 Å². The molecule has 4 rings (SSSR count). The summed E-state index contributed by atoms with van der Waals surface area (Å²) in [6, 6.07) is 24.0. The second-order valence-electron chi connectivity index (χ2n) is 7.28. The smallest absolute Gasteiger partial charge is 0.489 e. The van der Waals surface area contributed by atoms with Crippen LogP contribution in [0.1, 0.15) is 5.56 Å². The van der Waals surface area contributed by atoms with Gasteiger partial charge in [0.25, 0.3) is 0 Å². The Morgan fingerprint density at radius 1 is 0.645 bits per heavy atom. The number of alkyl halides is 3. The van der Waals surface area contributed by atoms with Gasteiger partial charge in [-0.25, -0.2) is 0 Å². The summed E-state index contributed by atoms with van der Waals surface area (Å²) >= 11 is 0. The van der Waals surface area contributed by atoms with Crippen LogP contribution in [0.25, 0.3) is 0 Å². The first-order chi connectivity index (χ1) is 15.0. The zero-order valence-electron chi connectivity index (χ0n) is 16.9. The SMILES string of the molecule is FC(F)(F)Oc1ccc(COc2ccc(N3CCN(c4ccccc4)CC3)cc2)cc1. The third-order valence-corrected chi connectivity index (χ3v) is 5.17. The van der Waals surface area contributed by atoms with Crippen molar-refractivity contribution in [2.75, 3.05) is 36.0 Å². The number of hydrogen-bond donors (Lipinski definition) is 0. The van der Waals surface area contributed by atoms with Gasteiger partial charge in [0.1, 0.15) is 18.1 Å². The van der Waals surface area contributed by atoms with E-state index in [0.29, 0.717) is 5.75 Å². The average molecular weight is 428 g/mol. The minimum absolute atomic E-state index is 0.243. The van der Waals surface area contributed by atoms with Gasteiger partial charge in [0, 0.05) is 37.6 Å². The number of para-hydroxylation sites is 1. The molecule has 3 aromatic carbocycles. The molecule has 0 aliphatic carbocycles. The predicted octanol–water partition coefficient (Wildman–Crippen LogP) is 5.49. The fourth-order valence-corrected chi connectivity index (χ4v) is 3.57. The molecule has 0 aromatic heterocycles. The van der Waals surface area contributed by atoms with E-state index in [9.17, 15) is 13.2 Å². The average Bonchev–Trinajstić information content (AvgIpc) is 2.79. The van der Waals surface area contributed by atoms with Crippen molar-refractivity contribution in [3.63, 3.8) is 0 Å². The first kappa shape index (κ1) is 20.9. The van der Waals surface area contributed by atoms with E-state index in [-0.39, 0.29) is 12.4 Å². The maximum Gasteiger partial charge on any atom is 0.573 e. The summed E-state index contributed by atoms with van der Waals surface area (Å²) in [5, 5.41) is 0. The molecule has 3 aromatic rings. The van der Waals surface area contributed by atoms with Crippen LogP contribution in [0.3, 0.4) is 0 Å². The number of hydrogen-bond acceptors (Lipinski definition) is 4. The van der Waals surface area contributed by atoms with E-state index in [0.717, 1.165) is 37.4 Å². The molecule has 0 amide bonds. The van der Waals surface area contributed by atoms with Crippen LogP contribution in [-0.2, 0) is 6.61 Å². The summed E-state index contributed by atoms with van der Waals surface area (Å²) < 4.78 is 46.3. The molecule has 1 aliphatic heterocycles. The molecule has 4 nitrogen and oxygen atoms in total. The third-order valence-electron chi connectivity index (χ3n) is 5.17. The van der Waals surface area contributed by atoms with Gasteiger partial charge in [-0.1, -0.05) is 30.3 Å². The Morgan fingerprint density at radius 2 is 1.16 bits per heavy atom. The Morgan fingerprint density at radius 3 is 1.71 bits per heavy atom. The molecule has 0 unspecified atom stereocenters. The lowest BCUT2D eigenvalue weighted by Gasteiger charge is -2.37. The monoisotopic (exact) mass is 428 g/mol. The lowest BCUT2D eigenvalue weighted by Crippen LogP contribution is -2.46. The standard InChI is InChI=1S/C24H23F3N2O2/c25-24(26,27)31-23-10-6-19(7-11-23)18-30-22-12-8-21(9-13-22)29-16-14-28(15-17-29)20-4-2-1-3-5-20/h1-13H,14-18H2. The minimum Gasteiger partial charge on any atom is -0.489 e. The molecule has 1 aliphatic rings. The highest BCUT2D eigenvalue weighted by atomic mass is 19.4. The van der Waals surface area contributed by atoms with E-state index in [1.807, 2.05) is 30.3 Å². The Bertz CT molecular complexity index is 953. The normalized spacial score (nSPS) is 14.4. The third kappa shape index (κ3) is 5.84. The van der Waals surface area contributed by atoms with E-state index >= 15 is 0 Å². The van der Waals surface area contributed by atoms with Gasteiger partial charge in [0.05, 0.1) is 0 Å². The van der Waals surface area contributed by atoms with Crippen molar-refractivity contribution in [1.82, 2.24) is 0 Å². The maximum absolute atomic E-state index is 12.2. The highest BCUT2D eigenvalue weighted by Gasteiger charge is 2.30. The van der Waals surface area contributed by atoms with Crippen molar-refractivity contribution in [3.8, 4) is 11.5 Å². The van der Waals surface area contributed by atoms with E-state index in [1.54, 1.807) is 12.1 Å².